The van der Waals surface area contributed by atoms with Crippen LogP contribution in [0.15, 0.2) is 0 Å². The Bertz CT molecular complexity index is 929. The topological polar surface area (TPSA) is 374 Å². The van der Waals surface area contributed by atoms with Crippen LogP contribution in [0, 0.1) is 0 Å². The molecule has 2 aliphatic rings. The smallest absolute Gasteiger partial charge is 0.317 e. The fourth-order valence-corrected chi connectivity index (χ4v) is 6.44. The van der Waals surface area contributed by atoms with Crippen molar-refractivity contribution in [3.8, 4) is 0 Å². The molecule has 0 radical (unpaired) electrons. The monoisotopic (exact) mass is 728 g/mol. The molecule has 22 heteroatoms. The van der Waals surface area contributed by atoms with E-state index in [1.165, 1.54) is 19.6 Å². The number of carboxylic acids is 8. The molecule has 0 aromatic carbocycles. The number of rotatable bonds is 20. The van der Waals surface area contributed by atoms with Crippen LogP contribution < -0.4 is 0 Å². The molecule has 288 valence electrons. The Morgan fingerprint density at radius 3 is 0.540 bits per heavy atom. The van der Waals surface area contributed by atoms with E-state index in [1.807, 2.05) is 0 Å². The third-order valence-corrected chi connectivity index (χ3v) is 7.97. The lowest BCUT2D eigenvalue weighted by Gasteiger charge is -2.43. The van der Waals surface area contributed by atoms with E-state index in [1.54, 1.807) is 0 Å². The van der Waals surface area contributed by atoms with E-state index in [0.29, 0.717) is 25.7 Å². The summed E-state index contributed by atoms with van der Waals surface area (Å²) in [7, 11) is 0. The Kier molecular flexibility index (Phi) is 22.7. The molecular weight excluding hydrogens is 680 g/mol. The van der Waals surface area contributed by atoms with Gasteiger partial charge in [-0.05, 0) is 25.7 Å². The first kappa shape index (κ1) is 47.6. The summed E-state index contributed by atoms with van der Waals surface area (Å²) in [6, 6.07) is -2.09. The molecule has 0 heterocycles. The van der Waals surface area contributed by atoms with Crippen molar-refractivity contribution in [3.05, 3.63) is 0 Å². The number of carboxylic acid groups (broad SMARTS) is 8. The van der Waals surface area contributed by atoms with Gasteiger partial charge in [-0.3, -0.25) is 58.0 Å². The van der Waals surface area contributed by atoms with Crippen LogP contribution in [0.2, 0.25) is 0 Å². The molecule has 2 rings (SSSR count). The highest BCUT2D eigenvalue weighted by atomic mass is 16.4. The van der Waals surface area contributed by atoms with Crippen molar-refractivity contribution in [2.75, 3.05) is 52.4 Å². The van der Waals surface area contributed by atoms with Crippen LogP contribution in [0.25, 0.3) is 0 Å². The van der Waals surface area contributed by atoms with Gasteiger partial charge in [-0.25, -0.2) is 0 Å². The Morgan fingerprint density at radius 1 is 0.320 bits per heavy atom. The van der Waals surface area contributed by atoms with E-state index in [9.17, 15) is 38.4 Å². The zero-order valence-electron chi connectivity index (χ0n) is 27.3. The van der Waals surface area contributed by atoms with Crippen LogP contribution in [0.1, 0.15) is 51.4 Å². The molecule has 0 unspecified atom stereocenters. The highest BCUT2D eigenvalue weighted by Gasteiger charge is 2.38. The summed E-state index contributed by atoms with van der Waals surface area (Å²) >= 11 is 0. The molecule has 0 bridgehead atoms. The summed E-state index contributed by atoms with van der Waals surface area (Å²) in [6.07, 6.45) is 4.91. The average Bonchev–Trinajstić information content (AvgIpc) is 2.94. The Balaban J connectivity index is 0. The maximum atomic E-state index is 11.0. The highest BCUT2D eigenvalue weighted by molar-refractivity contribution is 5.75. The van der Waals surface area contributed by atoms with E-state index >= 15 is 0 Å². The Hall–Kier alpha value is -4.48. The Labute approximate surface area is 285 Å². The first-order valence-electron chi connectivity index (χ1n) is 15.1. The number of carbonyl (C=O) groups is 8. The fourth-order valence-electron chi connectivity index (χ4n) is 6.44. The van der Waals surface area contributed by atoms with Gasteiger partial charge in [0.1, 0.15) is 0 Å². The molecule has 2 aliphatic carbocycles. The van der Waals surface area contributed by atoms with Gasteiger partial charge in [0.05, 0.1) is 52.4 Å². The van der Waals surface area contributed by atoms with Gasteiger partial charge in [0.25, 0.3) is 0 Å². The van der Waals surface area contributed by atoms with E-state index in [0.717, 1.165) is 25.7 Å². The predicted molar refractivity (Wildman–Crippen MR) is 167 cm³/mol. The molecule has 12 N–H and O–H groups in total. The SMILES string of the molecule is O.O.O=C(O)CN(CC(=O)O)[C@@H]1CCCC[C@H]1N(CC(=O)O)CC(=O)O.O=C(O)CN(CC(=O)O)[C@H]1CCCC[C@@H]1N(CC(=O)O)CC(=O)O. The maximum Gasteiger partial charge on any atom is 0.317 e. The van der Waals surface area contributed by atoms with Crippen LogP contribution in [0.5, 0.6) is 0 Å². The molecule has 2 saturated carbocycles. The molecule has 4 atom stereocenters. The minimum absolute atomic E-state index is 0. The van der Waals surface area contributed by atoms with Crippen molar-refractivity contribution in [1.29, 1.82) is 0 Å². The summed E-state index contributed by atoms with van der Waals surface area (Å²) in [5, 5.41) is 72.1. The van der Waals surface area contributed by atoms with Crippen molar-refractivity contribution in [1.82, 2.24) is 19.6 Å². The molecule has 0 amide bonds. The lowest BCUT2D eigenvalue weighted by atomic mass is 9.87. The van der Waals surface area contributed by atoms with E-state index in [4.69, 9.17) is 40.9 Å². The molecule has 0 spiro atoms. The van der Waals surface area contributed by atoms with Gasteiger partial charge >= 0.3 is 47.8 Å². The van der Waals surface area contributed by atoms with Gasteiger partial charge < -0.3 is 51.8 Å². The zero-order valence-corrected chi connectivity index (χ0v) is 27.3. The van der Waals surface area contributed by atoms with Crippen LogP contribution in [-0.2, 0) is 38.4 Å². The van der Waals surface area contributed by atoms with E-state index < -0.39 is 124 Å². The van der Waals surface area contributed by atoms with E-state index in [2.05, 4.69) is 0 Å². The van der Waals surface area contributed by atoms with Crippen molar-refractivity contribution in [2.45, 2.75) is 75.5 Å². The van der Waals surface area contributed by atoms with Gasteiger partial charge in [-0.2, -0.15) is 0 Å². The number of hydrogen-bond acceptors (Lipinski definition) is 12. The van der Waals surface area contributed by atoms with Crippen LogP contribution in [-0.4, -0.2) is 196 Å². The highest BCUT2D eigenvalue weighted by Crippen LogP contribution is 2.28. The first-order valence-corrected chi connectivity index (χ1v) is 15.1. The van der Waals surface area contributed by atoms with Gasteiger partial charge in [-0.1, -0.05) is 25.7 Å². The summed E-state index contributed by atoms with van der Waals surface area (Å²) in [4.78, 5) is 93.3. The van der Waals surface area contributed by atoms with Crippen LogP contribution in [0.4, 0.5) is 0 Å². The third kappa shape index (κ3) is 18.3. The normalized spacial score (nSPS) is 20.1. The number of aliphatic carboxylic acids is 8. The average molecular weight is 729 g/mol. The molecule has 0 aliphatic heterocycles. The van der Waals surface area contributed by atoms with Crippen molar-refractivity contribution < 1.29 is 90.2 Å². The van der Waals surface area contributed by atoms with Gasteiger partial charge in [0.15, 0.2) is 0 Å². The van der Waals surface area contributed by atoms with E-state index in [-0.39, 0.29) is 11.0 Å². The molecule has 22 nitrogen and oxygen atoms in total. The van der Waals surface area contributed by atoms with Crippen molar-refractivity contribution in [2.24, 2.45) is 0 Å². The molecular formula is C28H48N4O18. The predicted octanol–water partition coefficient (Wildman–Crippen LogP) is -3.17. The van der Waals surface area contributed by atoms with Crippen molar-refractivity contribution in [3.63, 3.8) is 0 Å². The molecule has 0 saturated heterocycles. The van der Waals surface area contributed by atoms with Crippen LogP contribution in [0.3, 0.4) is 0 Å². The Morgan fingerprint density at radius 2 is 0.440 bits per heavy atom. The summed E-state index contributed by atoms with van der Waals surface area (Å²) < 4.78 is 0. The minimum atomic E-state index is -1.19. The molecule has 50 heavy (non-hydrogen) atoms. The van der Waals surface area contributed by atoms with Crippen LogP contribution >= 0.6 is 0 Å². The largest absolute Gasteiger partial charge is 0.480 e. The quantitative estimate of drug-likeness (QED) is 0.0612. The van der Waals surface area contributed by atoms with Gasteiger partial charge in [0.2, 0.25) is 0 Å². The zero-order chi connectivity index (χ0) is 36.6. The summed E-state index contributed by atoms with van der Waals surface area (Å²) in [5.41, 5.74) is 0. The lowest BCUT2D eigenvalue weighted by Crippen LogP contribution is -2.57. The standard InChI is InChI=1S/2C14H22N2O8.2H2O/c2*17-11(18)5-15(6-12(19)20)9-3-1-2-4-10(9)16(7-13(21)22)8-14(23)24;;/h2*9-10H,1-8H2,(H,17,18)(H,19,20)(H,21,22)(H,23,24);2*1H2/t2*9-,10-;;/m10../s1. The second-order valence-electron chi connectivity index (χ2n) is 11.6. The molecule has 0 aromatic heterocycles. The second kappa shape index (κ2) is 23.8. The number of nitrogens with zero attached hydrogens (tertiary/aromatic N) is 4. The van der Waals surface area contributed by atoms with Gasteiger partial charge in [0, 0.05) is 24.2 Å². The minimum Gasteiger partial charge on any atom is -0.480 e. The maximum absolute atomic E-state index is 11.0. The fraction of sp³-hybridized carbons (Fsp3) is 0.714. The van der Waals surface area contributed by atoms with Gasteiger partial charge in [-0.15, -0.1) is 0 Å². The molecule has 2 fully saturated rings. The summed E-state index contributed by atoms with van der Waals surface area (Å²) in [5.74, 6) is -9.53. The third-order valence-electron chi connectivity index (χ3n) is 7.97. The molecule has 0 aromatic rings. The first-order chi connectivity index (χ1) is 22.4. The summed E-state index contributed by atoms with van der Waals surface area (Å²) in [6.45, 7) is -3.99. The number of hydrogen-bond donors (Lipinski definition) is 8. The lowest BCUT2D eigenvalue weighted by molar-refractivity contribution is -0.149. The van der Waals surface area contributed by atoms with Crippen molar-refractivity contribution >= 4 is 47.8 Å². The second-order valence-corrected chi connectivity index (χ2v) is 11.6.